The lowest BCUT2D eigenvalue weighted by atomic mass is 10.1. The minimum absolute atomic E-state index is 0.00188. The summed E-state index contributed by atoms with van der Waals surface area (Å²) in [6.45, 7) is 3.82. The van der Waals surface area contributed by atoms with E-state index in [2.05, 4.69) is 22.4 Å². The van der Waals surface area contributed by atoms with Crippen LogP contribution in [0.25, 0.3) is 0 Å². The third-order valence-corrected chi connectivity index (χ3v) is 3.68. The van der Waals surface area contributed by atoms with Crippen LogP contribution in [0.5, 0.6) is 0 Å². The van der Waals surface area contributed by atoms with Crippen LogP contribution >= 0.6 is 0 Å². The largest absolute Gasteiger partial charge is 0.349 e. The lowest BCUT2D eigenvalue weighted by molar-refractivity contribution is 0.0950. The molecule has 0 spiro atoms. The first-order valence-electron chi connectivity index (χ1n) is 6.94. The van der Waals surface area contributed by atoms with Crippen LogP contribution in [0.1, 0.15) is 39.6 Å². The Kier molecular flexibility index (Phi) is 3.26. The Morgan fingerprint density at radius 3 is 2.45 bits per heavy atom. The van der Waals surface area contributed by atoms with Crippen molar-refractivity contribution < 1.29 is 4.79 Å². The van der Waals surface area contributed by atoms with E-state index in [1.807, 2.05) is 44.2 Å². The van der Waals surface area contributed by atoms with Crippen LogP contribution < -0.4 is 5.32 Å². The van der Waals surface area contributed by atoms with Gasteiger partial charge in [0.15, 0.2) is 0 Å². The Balaban J connectivity index is 1.66. The van der Waals surface area contributed by atoms with E-state index in [-0.39, 0.29) is 11.9 Å². The van der Waals surface area contributed by atoms with E-state index in [9.17, 15) is 4.79 Å². The van der Waals surface area contributed by atoms with Crippen molar-refractivity contribution in [2.75, 3.05) is 0 Å². The van der Waals surface area contributed by atoms with Gasteiger partial charge in [-0.1, -0.05) is 30.3 Å². The summed E-state index contributed by atoms with van der Waals surface area (Å²) >= 11 is 0. The molecular formula is C17H18N2O. The Morgan fingerprint density at radius 1 is 1.15 bits per heavy atom. The van der Waals surface area contributed by atoms with Gasteiger partial charge in [-0.15, -0.1) is 0 Å². The number of hydrogen-bond donors (Lipinski definition) is 1. The maximum Gasteiger partial charge on any atom is 0.251 e. The lowest BCUT2D eigenvalue weighted by Crippen LogP contribution is -2.26. The predicted octanol–water partition coefficient (Wildman–Crippen LogP) is 2.98. The smallest absolute Gasteiger partial charge is 0.251 e. The van der Waals surface area contributed by atoms with Crippen LogP contribution in [-0.2, 0) is 0 Å². The Bertz CT molecular complexity index is 616. The van der Waals surface area contributed by atoms with Gasteiger partial charge in [-0.3, -0.25) is 9.78 Å². The second kappa shape index (κ2) is 5.08. The number of amides is 1. The molecule has 1 heterocycles. The third-order valence-electron chi connectivity index (χ3n) is 3.68. The van der Waals surface area contributed by atoms with Gasteiger partial charge in [0.1, 0.15) is 0 Å². The number of aromatic nitrogens is 1. The first-order chi connectivity index (χ1) is 9.63. The van der Waals surface area contributed by atoms with E-state index in [0.717, 1.165) is 17.8 Å². The molecule has 1 aliphatic carbocycles. The third kappa shape index (κ3) is 2.72. The summed E-state index contributed by atoms with van der Waals surface area (Å²) in [7, 11) is 0. The molecule has 1 saturated carbocycles. The van der Waals surface area contributed by atoms with Crippen LogP contribution in [0.4, 0.5) is 0 Å². The molecule has 20 heavy (non-hydrogen) atoms. The van der Waals surface area contributed by atoms with E-state index in [1.165, 1.54) is 5.56 Å². The van der Waals surface area contributed by atoms with Gasteiger partial charge in [-0.05, 0) is 38.0 Å². The van der Waals surface area contributed by atoms with Gasteiger partial charge >= 0.3 is 0 Å². The SMILES string of the molecule is Cc1cc(C(=O)N[C@@H]2C[C@H]2c2ccccc2)cc(C)n1. The van der Waals surface area contributed by atoms with Crippen molar-refractivity contribution in [2.45, 2.75) is 32.2 Å². The fourth-order valence-corrected chi connectivity index (χ4v) is 2.64. The van der Waals surface area contributed by atoms with Gasteiger partial charge in [0.25, 0.3) is 5.91 Å². The minimum Gasteiger partial charge on any atom is -0.349 e. The topological polar surface area (TPSA) is 42.0 Å². The zero-order valence-corrected chi connectivity index (χ0v) is 11.8. The quantitative estimate of drug-likeness (QED) is 0.928. The summed E-state index contributed by atoms with van der Waals surface area (Å²) < 4.78 is 0. The van der Waals surface area contributed by atoms with Crippen molar-refractivity contribution >= 4 is 5.91 Å². The molecule has 2 atom stereocenters. The van der Waals surface area contributed by atoms with Crippen LogP contribution in [-0.4, -0.2) is 16.9 Å². The standard InChI is InChI=1S/C17H18N2O/c1-11-8-14(9-12(2)18-11)17(20)19-16-10-15(16)13-6-4-3-5-7-13/h3-9,15-16H,10H2,1-2H3,(H,19,20)/t15-,16+/m0/s1. The van der Waals surface area contributed by atoms with Gasteiger partial charge in [0.2, 0.25) is 0 Å². The van der Waals surface area contributed by atoms with Crippen molar-refractivity contribution in [3.05, 3.63) is 65.0 Å². The van der Waals surface area contributed by atoms with E-state index >= 15 is 0 Å². The highest BCUT2D eigenvalue weighted by molar-refractivity contribution is 5.94. The summed E-state index contributed by atoms with van der Waals surface area (Å²) in [6.07, 6.45) is 1.03. The highest BCUT2D eigenvalue weighted by Gasteiger charge is 2.39. The molecule has 3 rings (SSSR count). The molecule has 1 amide bonds. The van der Waals surface area contributed by atoms with Crippen LogP contribution in [0.3, 0.4) is 0 Å². The molecule has 0 saturated heterocycles. The van der Waals surface area contributed by atoms with E-state index < -0.39 is 0 Å². The first kappa shape index (κ1) is 12.9. The molecule has 2 aromatic rings. The van der Waals surface area contributed by atoms with E-state index in [0.29, 0.717) is 11.5 Å². The van der Waals surface area contributed by atoms with Crippen LogP contribution in [0.15, 0.2) is 42.5 Å². The summed E-state index contributed by atoms with van der Waals surface area (Å²) in [5, 5.41) is 3.11. The molecule has 1 aromatic carbocycles. The van der Waals surface area contributed by atoms with E-state index in [1.54, 1.807) is 0 Å². The fourth-order valence-electron chi connectivity index (χ4n) is 2.64. The molecule has 3 heteroatoms. The molecule has 0 bridgehead atoms. The van der Waals surface area contributed by atoms with Gasteiger partial charge in [0.05, 0.1) is 0 Å². The molecule has 0 radical (unpaired) electrons. The average molecular weight is 266 g/mol. The molecule has 1 aliphatic rings. The normalized spacial score (nSPS) is 20.5. The van der Waals surface area contributed by atoms with Crippen molar-refractivity contribution in [1.82, 2.24) is 10.3 Å². The summed E-state index contributed by atoms with van der Waals surface area (Å²) in [5.74, 6) is 0.464. The molecule has 102 valence electrons. The summed E-state index contributed by atoms with van der Waals surface area (Å²) in [6, 6.07) is 14.3. The average Bonchev–Trinajstić information content (AvgIpc) is 3.18. The van der Waals surface area contributed by atoms with Gasteiger partial charge < -0.3 is 5.32 Å². The predicted molar refractivity (Wildman–Crippen MR) is 78.8 cm³/mol. The number of carbonyl (C=O) groups excluding carboxylic acids is 1. The summed E-state index contributed by atoms with van der Waals surface area (Å²) in [5.41, 5.74) is 3.77. The maximum atomic E-state index is 12.2. The number of carbonyl (C=O) groups is 1. The van der Waals surface area contributed by atoms with E-state index in [4.69, 9.17) is 0 Å². The highest BCUT2D eigenvalue weighted by atomic mass is 16.1. The number of pyridine rings is 1. The molecule has 1 fully saturated rings. The monoisotopic (exact) mass is 266 g/mol. The number of rotatable bonds is 3. The second-order valence-electron chi connectivity index (χ2n) is 5.47. The highest BCUT2D eigenvalue weighted by Crippen LogP contribution is 2.40. The number of hydrogen-bond acceptors (Lipinski definition) is 2. The second-order valence-corrected chi connectivity index (χ2v) is 5.47. The van der Waals surface area contributed by atoms with Gasteiger partial charge in [0, 0.05) is 28.9 Å². The van der Waals surface area contributed by atoms with Crippen LogP contribution in [0.2, 0.25) is 0 Å². The Labute approximate surface area is 119 Å². The molecular weight excluding hydrogens is 248 g/mol. The van der Waals surface area contributed by atoms with Crippen LogP contribution in [0, 0.1) is 13.8 Å². The van der Waals surface area contributed by atoms with Gasteiger partial charge in [-0.2, -0.15) is 0 Å². The molecule has 3 nitrogen and oxygen atoms in total. The Hall–Kier alpha value is -2.16. The molecule has 0 aliphatic heterocycles. The number of aryl methyl sites for hydroxylation is 2. The molecule has 1 N–H and O–H groups in total. The summed E-state index contributed by atoms with van der Waals surface area (Å²) in [4.78, 5) is 16.5. The Morgan fingerprint density at radius 2 is 1.80 bits per heavy atom. The minimum atomic E-state index is 0.00188. The van der Waals surface area contributed by atoms with Crippen molar-refractivity contribution in [3.63, 3.8) is 0 Å². The number of nitrogens with zero attached hydrogens (tertiary/aromatic N) is 1. The van der Waals surface area contributed by atoms with Gasteiger partial charge in [-0.25, -0.2) is 0 Å². The zero-order valence-electron chi connectivity index (χ0n) is 11.8. The number of nitrogens with one attached hydrogen (secondary N) is 1. The first-order valence-corrected chi connectivity index (χ1v) is 6.94. The van der Waals surface area contributed by atoms with Crippen molar-refractivity contribution in [2.24, 2.45) is 0 Å². The molecule has 0 unspecified atom stereocenters. The van der Waals surface area contributed by atoms with Crippen molar-refractivity contribution in [1.29, 1.82) is 0 Å². The number of benzene rings is 1. The fraction of sp³-hybridized carbons (Fsp3) is 0.294. The van der Waals surface area contributed by atoms with Crippen molar-refractivity contribution in [3.8, 4) is 0 Å². The maximum absolute atomic E-state index is 12.2. The zero-order chi connectivity index (χ0) is 14.1. The lowest BCUT2D eigenvalue weighted by Gasteiger charge is -2.06. The molecule has 1 aromatic heterocycles.